The maximum absolute atomic E-state index is 12.8. The highest BCUT2D eigenvalue weighted by Crippen LogP contribution is 2.22. The first-order valence-electron chi connectivity index (χ1n) is 9.33. The van der Waals surface area contributed by atoms with Crippen LogP contribution in [0.15, 0.2) is 14.6 Å². The van der Waals surface area contributed by atoms with Crippen molar-refractivity contribution in [1.82, 2.24) is 29.7 Å². The van der Waals surface area contributed by atoms with E-state index in [0.29, 0.717) is 19.0 Å². The Morgan fingerprint density at radius 2 is 1.93 bits per heavy atom. The Morgan fingerprint density at radius 3 is 2.57 bits per heavy atom. The minimum absolute atomic E-state index is 0.143. The molecule has 11 nitrogen and oxygen atoms in total. The molecule has 2 aromatic heterocycles. The number of rotatable bonds is 8. The molecule has 164 valence electrons. The van der Waals surface area contributed by atoms with E-state index in [2.05, 4.69) is 20.6 Å². The number of hydrogen-bond acceptors (Lipinski definition) is 8. The Bertz CT molecular complexity index is 1060. The molecule has 2 heterocycles. The Balaban J connectivity index is 2.33. The fourth-order valence-electron chi connectivity index (χ4n) is 2.68. The second kappa shape index (κ2) is 10.3. The van der Waals surface area contributed by atoms with Gasteiger partial charge < -0.3 is 10.1 Å². The van der Waals surface area contributed by atoms with Gasteiger partial charge in [-0.3, -0.25) is 24.0 Å². The lowest BCUT2D eigenvalue weighted by molar-refractivity contribution is -0.117. The third-order valence-electron chi connectivity index (χ3n) is 3.99. The number of methoxy groups -OCH3 is 1. The van der Waals surface area contributed by atoms with Crippen molar-refractivity contribution < 1.29 is 14.3 Å². The summed E-state index contributed by atoms with van der Waals surface area (Å²) in [5, 5.41) is 5.13. The number of aromatic nitrogens is 4. The van der Waals surface area contributed by atoms with Gasteiger partial charge in [-0.05, 0) is 12.8 Å². The monoisotopic (exact) mass is 438 g/mol. The molecule has 0 aliphatic rings. The van der Waals surface area contributed by atoms with Crippen LogP contribution in [0.1, 0.15) is 19.7 Å². The Hall–Kier alpha value is -2.73. The Kier molecular flexibility index (Phi) is 8.12. The number of nitrogens with one attached hydrogen (secondary N) is 2. The predicted molar refractivity (Wildman–Crippen MR) is 113 cm³/mol. The van der Waals surface area contributed by atoms with Crippen LogP contribution < -0.4 is 21.9 Å². The molecule has 0 saturated carbocycles. The lowest BCUT2D eigenvalue weighted by Gasteiger charge is -2.15. The number of imide groups is 1. The van der Waals surface area contributed by atoms with Crippen LogP contribution in [0.3, 0.4) is 0 Å². The second-order valence-corrected chi connectivity index (χ2v) is 7.98. The van der Waals surface area contributed by atoms with Gasteiger partial charge in [0.2, 0.25) is 5.91 Å². The first kappa shape index (κ1) is 23.5. The number of carbonyl (C=O) groups is 2. The summed E-state index contributed by atoms with van der Waals surface area (Å²) < 4.78 is 7.27. The zero-order valence-corrected chi connectivity index (χ0v) is 18.5. The van der Waals surface area contributed by atoms with Gasteiger partial charge in [0.15, 0.2) is 5.65 Å². The number of aryl methyl sites for hydroxylation is 1. The maximum atomic E-state index is 12.8. The molecular weight excluding hydrogens is 412 g/mol. The van der Waals surface area contributed by atoms with Crippen LogP contribution in [0.2, 0.25) is 0 Å². The van der Waals surface area contributed by atoms with Crippen LogP contribution in [0.4, 0.5) is 4.79 Å². The van der Waals surface area contributed by atoms with Gasteiger partial charge >= 0.3 is 11.7 Å². The van der Waals surface area contributed by atoms with Crippen molar-refractivity contribution in [2.24, 2.45) is 13.0 Å². The van der Waals surface area contributed by atoms with Crippen molar-refractivity contribution in [2.75, 3.05) is 26.0 Å². The predicted octanol–water partition coefficient (Wildman–Crippen LogP) is 0.0189. The number of urea groups is 1. The van der Waals surface area contributed by atoms with Crippen LogP contribution in [-0.4, -0.2) is 57.1 Å². The van der Waals surface area contributed by atoms with E-state index < -0.39 is 23.2 Å². The highest BCUT2D eigenvalue weighted by Gasteiger charge is 2.19. The highest BCUT2D eigenvalue weighted by atomic mass is 32.2. The summed E-state index contributed by atoms with van der Waals surface area (Å²) >= 11 is 1.00. The number of hydrogen-bond donors (Lipinski definition) is 2. The molecule has 2 rings (SSSR count). The lowest BCUT2D eigenvalue weighted by atomic mass is 10.2. The van der Waals surface area contributed by atoms with Gasteiger partial charge in [0.1, 0.15) is 16.2 Å². The minimum Gasteiger partial charge on any atom is -0.383 e. The van der Waals surface area contributed by atoms with Gasteiger partial charge in [-0.25, -0.2) is 19.6 Å². The zero-order chi connectivity index (χ0) is 22.4. The standard InChI is InChI=1S/C18H26N6O5S/c1-10(2)8-24-14-13(16(26)23(4)18(24)28)15(21-11(3)20-14)30-9-12(25)22-17(27)19-6-7-29-5/h10H,6-9H2,1-5H3,(H2,19,22,25,27). The highest BCUT2D eigenvalue weighted by molar-refractivity contribution is 8.00. The van der Waals surface area contributed by atoms with Crippen molar-refractivity contribution in [3.05, 3.63) is 26.7 Å². The molecular formula is C18H26N6O5S. The molecule has 2 aromatic rings. The third-order valence-corrected chi connectivity index (χ3v) is 4.97. The fourth-order valence-corrected chi connectivity index (χ4v) is 3.54. The number of thioether (sulfide) groups is 1. The molecule has 0 aromatic carbocycles. The molecule has 0 bridgehead atoms. The number of carbonyl (C=O) groups excluding carboxylic acids is 2. The van der Waals surface area contributed by atoms with Crippen molar-refractivity contribution in [3.63, 3.8) is 0 Å². The van der Waals surface area contributed by atoms with E-state index >= 15 is 0 Å². The Labute approximate surface area is 177 Å². The van der Waals surface area contributed by atoms with Gasteiger partial charge in [-0.2, -0.15) is 0 Å². The van der Waals surface area contributed by atoms with E-state index in [1.165, 1.54) is 18.7 Å². The van der Waals surface area contributed by atoms with E-state index in [4.69, 9.17) is 4.74 Å². The van der Waals surface area contributed by atoms with Crippen LogP contribution in [0.5, 0.6) is 0 Å². The molecule has 0 radical (unpaired) electrons. The largest absolute Gasteiger partial charge is 0.383 e. The average molecular weight is 439 g/mol. The number of ether oxygens (including phenoxy) is 1. The third kappa shape index (κ3) is 5.66. The van der Waals surface area contributed by atoms with Gasteiger partial charge in [-0.15, -0.1) is 0 Å². The van der Waals surface area contributed by atoms with Crippen molar-refractivity contribution in [2.45, 2.75) is 32.3 Å². The van der Waals surface area contributed by atoms with Crippen molar-refractivity contribution in [1.29, 1.82) is 0 Å². The molecule has 2 N–H and O–H groups in total. The average Bonchev–Trinajstić information content (AvgIpc) is 2.67. The molecule has 0 aliphatic heterocycles. The van der Waals surface area contributed by atoms with E-state index in [1.807, 2.05) is 13.8 Å². The Morgan fingerprint density at radius 1 is 1.23 bits per heavy atom. The lowest BCUT2D eigenvalue weighted by Crippen LogP contribution is -2.41. The molecule has 0 fully saturated rings. The summed E-state index contributed by atoms with van der Waals surface area (Å²) in [6, 6.07) is -0.636. The minimum atomic E-state index is -0.636. The summed E-state index contributed by atoms with van der Waals surface area (Å²) in [5.74, 6) is -0.174. The first-order valence-corrected chi connectivity index (χ1v) is 10.3. The number of fused-ring (bicyclic) bond motifs is 1. The molecule has 12 heteroatoms. The molecule has 30 heavy (non-hydrogen) atoms. The van der Waals surface area contributed by atoms with E-state index in [-0.39, 0.29) is 34.3 Å². The molecule has 0 aliphatic carbocycles. The normalized spacial score (nSPS) is 11.1. The smallest absolute Gasteiger partial charge is 0.332 e. The van der Waals surface area contributed by atoms with Crippen LogP contribution >= 0.6 is 11.8 Å². The zero-order valence-electron chi connectivity index (χ0n) is 17.6. The van der Waals surface area contributed by atoms with Crippen molar-refractivity contribution in [3.8, 4) is 0 Å². The van der Waals surface area contributed by atoms with Gasteiger partial charge in [-0.1, -0.05) is 25.6 Å². The van der Waals surface area contributed by atoms with E-state index in [9.17, 15) is 19.2 Å². The van der Waals surface area contributed by atoms with Gasteiger partial charge in [0.25, 0.3) is 5.56 Å². The second-order valence-electron chi connectivity index (χ2n) is 7.01. The van der Waals surface area contributed by atoms with Crippen molar-refractivity contribution >= 4 is 34.7 Å². The van der Waals surface area contributed by atoms with E-state index in [0.717, 1.165) is 16.3 Å². The maximum Gasteiger partial charge on any atom is 0.332 e. The molecule has 0 atom stereocenters. The topological polar surface area (TPSA) is 137 Å². The van der Waals surface area contributed by atoms with Crippen LogP contribution in [0, 0.1) is 12.8 Å². The van der Waals surface area contributed by atoms with Gasteiger partial charge in [0, 0.05) is 27.2 Å². The fraction of sp³-hybridized carbons (Fsp3) is 0.556. The molecule has 0 unspecified atom stereocenters. The summed E-state index contributed by atoms with van der Waals surface area (Å²) in [6.07, 6.45) is 0. The summed E-state index contributed by atoms with van der Waals surface area (Å²) in [5.41, 5.74) is -0.750. The first-order chi connectivity index (χ1) is 14.1. The molecule has 3 amide bonds. The SMILES string of the molecule is COCCNC(=O)NC(=O)CSc1nc(C)nc2c1c(=O)n(C)c(=O)n2CC(C)C. The van der Waals surface area contributed by atoms with Crippen LogP contribution in [-0.2, 0) is 23.1 Å². The summed E-state index contributed by atoms with van der Waals surface area (Å²) in [6.45, 7) is 6.52. The summed E-state index contributed by atoms with van der Waals surface area (Å²) in [4.78, 5) is 57.7. The number of amides is 3. The summed E-state index contributed by atoms with van der Waals surface area (Å²) in [7, 11) is 2.90. The quantitative estimate of drug-likeness (QED) is 0.334. The van der Waals surface area contributed by atoms with E-state index in [1.54, 1.807) is 6.92 Å². The molecule has 0 saturated heterocycles. The molecule has 0 spiro atoms. The van der Waals surface area contributed by atoms with Crippen LogP contribution in [0.25, 0.3) is 11.0 Å². The number of nitrogens with zero attached hydrogens (tertiary/aromatic N) is 4. The van der Waals surface area contributed by atoms with Gasteiger partial charge in [0.05, 0.1) is 12.4 Å².